The second-order valence-electron chi connectivity index (χ2n) is 6.58. The van der Waals surface area contributed by atoms with Crippen molar-refractivity contribution < 1.29 is 9.90 Å². The lowest BCUT2D eigenvalue weighted by molar-refractivity contribution is 0.0972. The predicted octanol–water partition coefficient (Wildman–Crippen LogP) is 4.92. The van der Waals surface area contributed by atoms with Gasteiger partial charge in [0, 0.05) is 17.2 Å². The first-order valence-corrected chi connectivity index (χ1v) is 8.55. The number of fused-ring (bicyclic) bond motifs is 1. The molecule has 0 aliphatic rings. The Morgan fingerprint density at radius 1 is 1.16 bits per heavy atom. The van der Waals surface area contributed by atoms with Gasteiger partial charge in [-0.3, -0.25) is 9.36 Å². The van der Waals surface area contributed by atoms with Gasteiger partial charge in [0.15, 0.2) is 0 Å². The Morgan fingerprint density at radius 3 is 2.52 bits per heavy atom. The molecule has 1 N–H and O–H groups in total. The third kappa shape index (κ3) is 3.28. The van der Waals surface area contributed by atoms with Gasteiger partial charge in [0.1, 0.15) is 0 Å². The van der Waals surface area contributed by atoms with Gasteiger partial charge in [-0.05, 0) is 47.7 Å². The average Bonchev–Trinajstić information content (AvgIpc) is 2.91. The Morgan fingerprint density at radius 2 is 1.88 bits per heavy atom. The SMILES string of the molecule is Cc1c(C(C)C)c2cc(CO)ccc2n1C(=O)C=Cc1ccccc1. The number of rotatable bonds is 4. The minimum absolute atomic E-state index is 0.000437. The fourth-order valence-electron chi connectivity index (χ4n) is 3.41. The lowest BCUT2D eigenvalue weighted by Gasteiger charge is -2.07. The van der Waals surface area contributed by atoms with Crippen molar-refractivity contribution in [3.63, 3.8) is 0 Å². The third-order valence-corrected chi connectivity index (χ3v) is 4.52. The summed E-state index contributed by atoms with van der Waals surface area (Å²) in [6.45, 7) is 6.24. The van der Waals surface area contributed by atoms with E-state index in [-0.39, 0.29) is 12.5 Å². The first-order valence-electron chi connectivity index (χ1n) is 8.55. The first-order chi connectivity index (χ1) is 12.0. The van der Waals surface area contributed by atoms with Crippen LogP contribution in [0.5, 0.6) is 0 Å². The maximum Gasteiger partial charge on any atom is 0.255 e. The van der Waals surface area contributed by atoms with Crippen LogP contribution >= 0.6 is 0 Å². The van der Waals surface area contributed by atoms with Gasteiger partial charge < -0.3 is 5.11 Å². The van der Waals surface area contributed by atoms with E-state index in [2.05, 4.69) is 13.8 Å². The van der Waals surface area contributed by atoms with Crippen LogP contribution in [0.3, 0.4) is 0 Å². The molecule has 3 rings (SSSR count). The van der Waals surface area contributed by atoms with Crippen LogP contribution in [0.4, 0.5) is 0 Å². The molecule has 128 valence electrons. The number of aliphatic hydroxyl groups excluding tert-OH is 1. The highest BCUT2D eigenvalue weighted by atomic mass is 16.3. The number of aliphatic hydroxyl groups is 1. The molecule has 0 aliphatic carbocycles. The molecule has 0 unspecified atom stereocenters. The molecule has 0 atom stereocenters. The Bertz CT molecular complexity index is 934. The Labute approximate surface area is 148 Å². The molecule has 0 saturated heterocycles. The lowest BCUT2D eigenvalue weighted by atomic mass is 9.99. The molecule has 0 radical (unpaired) electrons. The van der Waals surface area contributed by atoms with E-state index in [1.165, 1.54) is 0 Å². The Hall–Kier alpha value is -2.65. The fourth-order valence-corrected chi connectivity index (χ4v) is 3.41. The van der Waals surface area contributed by atoms with E-state index >= 15 is 0 Å². The van der Waals surface area contributed by atoms with E-state index in [0.717, 1.165) is 33.3 Å². The van der Waals surface area contributed by atoms with Crippen LogP contribution in [0.1, 0.15) is 46.9 Å². The largest absolute Gasteiger partial charge is 0.392 e. The standard InChI is InChI=1S/C22H23NO2/c1-15(2)22-16(3)23(20-11-9-18(14-24)13-19(20)22)21(25)12-10-17-7-5-4-6-8-17/h4-13,15,24H,14H2,1-3H3. The highest BCUT2D eigenvalue weighted by Gasteiger charge is 2.19. The molecule has 25 heavy (non-hydrogen) atoms. The van der Waals surface area contributed by atoms with Crippen LogP contribution in [-0.2, 0) is 6.61 Å². The second-order valence-corrected chi connectivity index (χ2v) is 6.58. The molecule has 3 heteroatoms. The molecular weight excluding hydrogens is 310 g/mol. The van der Waals surface area contributed by atoms with Gasteiger partial charge in [0.2, 0.25) is 0 Å². The summed E-state index contributed by atoms with van der Waals surface area (Å²) in [5.74, 6) is 0.235. The molecular formula is C22H23NO2. The highest BCUT2D eigenvalue weighted by molar-refractivity contribution is 6.02. The van der Waals surface area contributed by atoms with Crippen molar-refractivity contribution in [3.8, 4) is 0 Å². The van der Waals surface area contributed by atoms with Crippen molar-refractivity contribution in [2.75, 3.05) is 0 Å². The number of hydrogen-bond acceptors (Lipinski definition) is 2. The van der Waals surface area contributed by atoms with Gasteiger partial charge in [-0.15, -0.1) is 0 Å². The number of allylic oxidation sites excluding steroid dienone is 1. The fraction of sp³-hybridized carbons (Fsp3) is 0.227. The first kappa shape index (κ1) is 17.2. The van der Waals surface area contributed by atoms with Gasteiger partial charge in [0.25, 0.3) is 5.91 Å². The van der Waals surface area contributed by atoms with Gasteiger partial charge in [0.05, 0.1) is 12.1 Å². The molecule has 0 aliphatic heterocycles. The summed E-state index contributed by atoms with van der Waals surface area (Å²) in [7, 11) is 0. The van der Waals surface area contributed by atoms with Crippen molar-refractivity contribution in [1.29, 1.82) is 0 Å². The zero-order chi connectivity index (χ0) is 18.0. The van der Waals surface area contributed by atoms with E-state index in [0.29, 0.717) is 5.92 Å². The van der Waals surface area contributed by atoms with Gasteiger partial charge in [-0.2, -0.15) is 0 Å². The Balaban J connectivity index is 2.11. The summed E-state index contributed by atoms with van der Waals surface area (Å²) in [5, 5.41) is 10.5. The van der Waals surface area contributed by atoms with Crippen LogP contribution < -0.4 is 0 Å². The maximum atomic E-state index is 12.9. The highest BCUT2D eigenvalue weighted by Crippen LogP contribution is 2.32. The number of aromatic nitrogens is 1. The van der Waals surface area contributed by atoms with E-state index in [1.54, 1.807) is 10.6 Å². The van der Waals surface area contributed by atoms with E-state index in [1.807, 2.05) is 61.5 Å². The summed E-state index contributed by atoms with van der Waals surface area (Å²) >= 11 is 0. The molecule has 3 aromatic rings. The summed E-state index contributed by atoms with van der Waals surface area (Å²) in [4.78, 5) is 12.9. The van der Waals surface area contributed by atoms with E-state index in [9.17, 15) is 9.90 Å². The molecule has 0 spiro atoms. The van der Waals surface area contributed by atoms with Crippen LogP contribution in [0, 0.1) is 6.92 Å². The normalized spacial score (nSPS) is 11.7. The maximum absolute atomic E-state index is 12.9. The van der Waals surface area contributed by atoms with Crippen LogP contribution in [0.25, 0.3) is 17.0 Å². The summed E-state index contributed by atoms with van der Waals surface area (Å²) in [6, 6.07) is 15.6. The topological polar surface area (TPSA) is 42.2 Å². The quantitative estimate of drug-likeness (QED) is 0.689. The summed E-state index contributed by atoms with van der Waals surface area (Å²) in [6.07, 6.45) is 3.45. The minimum Gasteiger partial charge on any atom is -0.392 e. The van der Waals surface area contributed by atoms with Crippen molar-refractivity contribution in [2.24, 2.45) is 0 Å². The zero-order valence-corrected chi connectivity index (χ0v) is 14.9. The number of nitrogens with zero attached hydrogens (tertiary/aromatic N) is 1. The van der Waals surface area contributed by atoms with Crippen molar-refractivity contribution in [1.82, 2.24) is 4.57 Å². The van der Waals surface area contributed by atoms with Gasteiger partial charge >= 0.3 is 0 Å². The summed E-state index contributed by atoms with van der Waals surface area (Å²) < 4.78 is 1.77. The van der Waals surface area contributed by atoms with Crippen LogP contribution in [0.2, 0.25) is 0 Å². The number of carbonyl (C=O) groups excluding carboxylic acids is 1. The lowest BCUT2D eigenvalue weighted by Crippen LogP contribution is -2.09. The molecule has 0 saturated carbocycles. The van der Waals surface area contributed by atoms with Gasteiger partial charge in [-0.1, -0.05) is 50.2 Å². The van der Waals surface area contributed by atoms with Crippen LogP contribution in [-0.4, -0.2) is 15.6 Å². The third-order valence-electron chi connectivity index (χ3n) is 4.52. The Kier molecular flexibility index (Phi) is 4.86. The molecule has 1 heterocycles. The van der Waals surface area contributed by atoms with E-state index in [4.69, 9.17) is 0 Å². The smallest absolute Gasteiger partial charge is 0.255 e. The van der Waals surface area contributed by atoms with Crippen molar-refractivity contribution >= 4 is 22.9 Å². The monoisotopic (exact) mass is 333 g/mol. The molecule has 0 fully saturated rings. The molecule has 0 amide bonds. The van der Waals surface area contributed by atoms with E-state index < -0.39 is 0 Å². The molecule has 1 aromatic heterocycles. The van der Waals surface area contributed by atoms with Crippen molar-refractivity contribution in [3.05, 3.63) is 77.0 Å². The van der Waals surface area contributed by atoms with Gasteiger partial charge in [-0.25, -0.2) is 0 Å². The molecule has 0 bridgehead atoms. The minimum atomic E-state index is -0.0602. The van der Waals surface area contributed by atoms with Crippen molar-refractivity contribution in [2.45, 2.75) is 33.3 Å². The number of carbonyl (C=O) groups is 1. The number of benzene rings is 2. The number of hydrogen-bond donors (Lipinski definition) is 1. The molecule has 3 nitrogen and oxygen atoms in total. The molecule has 2 aromatic carbocycles. The zero-order valence-electron chi connectivity index (χ0n) is 14.9. The second kappa shape index (κ2) is 7.08. The average molecular weight is 333 g/mol. The predicted molar refractivity (Wildman–Crippen MR) is 103 cm³/mol. The van der Waals surface area contributed by atoms with Crippen LogP contribution in [0.15, 0.2) is 54.6 Å². The summed E-state index contributed by atoms with van der Waals surface area (Å²) in [5.41, 5.74) is 4.87.